The third kappa shape index (κ3) is 1.97. The van der Waals surface area contributed by atoms with Gasteiger partial charge in [0.2, 0.25) is 11.8 Å². The van der Waals surface area contributed by atoms with Gasteiger partial charge in [0.1, 0.15) is 5.78 Å². The summed E-state index contributed by atoms with van der Waals surface area (Å²) in [5, 5.41) is 2.65. The molecule has 0 spiro atoms. The first-order chi connectivity index (χ1) is 13.1. The predicted octanol–water partition coefficient (Wildman–Crippen LogP) is 2.00. The second-order valence-corrected chi connectivity index (χ2v) is 10.2. The van der Waals surface area contributed by atoms with Gasteiger partial charge in [0.15, 0.2) is 0 Å². The third-order valence-corrected chi connectivity index (χ3v) is 9.52. The van der Waals surface area contributed by atoms with Crippen LogP contribution in [0.25, 0.3) is 0 Å². The van der Waals surface area contributed by atoms with Gasteiger partial charge < -0.3 is 0 Å². The largest absolute Gasteiger partial charge is 0.300 e. The fourth-order valence-electron chi connectivity index (χ4n) is 8.82. The Balaban J connectivity index is 1.50. The number of rotatable bonds is 0. The number of Topliss-reactive ketones (excluding diaryl/α,β-unsaturated/α-hetero) is 1. The first kappa shape index (κ1) is 16.7. The molecule has 4 aliphatic carbocycles. The molecule has 27 heavy (non-hydrogen) atoms. The number of nitrogens with zero attached hydrogens (tertiary/aromatic N) is 1. The summed E-state index contributed by atoms with van der Waals surface area (Å²) in [7, 11) is 2.25. The highest BCUT2D eigenvalue weighted by atomic mass is 16.2. The molecule has 0 aromatic carbocycles. The summed E-state index contributed by atoms with van der Waals surface area (Å²) in [6.45, 7) is 0. The maximum atomic E-state index is 13.5. The first-order valence-corrected chi connectivity index (χ1v) is 11.2. The van der Waals surface area contributed by atoms with Gasteiger partial charge >= 0.3 is 0 Å². The van der Waals surface area contributed by atoms with Crippen LogP contribution in [-0.2, 0) is 14.4 Å². The number of hydrogen-bond acceptors (Lipinski definition) is 4. The standard InChI is InChI=1S/C22H30N2O3/c1-24-13-9-5-4-8-12(13)15-17-18(22(27)23-21(17)26)16-14(19(15)24)10-6-2-3-7-11(10)20(16)25/h10-19H,2-9H2,1H3,(H,23,26,27). The normalized spacial score (nSPS) is 54.0. The molecule has 10 atom stereocenters. The van der Waals surface area contributed by atoms with Gasteiger partial charge in [-0.25, -0.2) is 0 Å². The Morgan fingerprint density at radius 3 is 2.22 bits per heavy atom. The smallest absolute Gasteiger partial charge is 0.231 e. The maximum absolute atomic E-state index is 13.5. The Morgan fingerprint density at radius 2 is 1.41 bits per heavy atom. The molecular weight excluding hydrogens is 340 g/mol. The van der Waals surface area contributed by atoms with Crippen LogP contribution in [0.4, 0.5) is 0 Å². The lowest BCUT2D eigenvalue weighted by molar-refractivity contribution is -0.138. The number of ketones is 1. The van der Waals surface area contributed by atoms with Crippen molar-refractivity contribution < 1.29 is 14.4 Å². The molecule has 4 saturated carbocycles. The van der Waals surface area contributed by atoms with Crippen LogP contribution in [-0.4, -0.2) is 41.6 Å². The molecule has 0 aromatic rings. The van der Waals surface area contributed by atoms with Crippen LogP contribution in [0, 0.1) is 47.3 Å². The highest BCUT2D eigenvalue weighted by molar-refractivity contribution is 6.08. The number of fused-ring (bicyclic) bond motifs is 10. The molecule has 6 fully saturated rings. The highest BCUT2D eigenvalue weighted by Gasteiger charge is 2.70. The van der Waals surface area contributed by atoms with E-state index in [1.807, 2.05) is 0 Å². The lowest BCUT2D eigenvalue weighted by atomic mass is 9.56. The number of imide groups is 1. The molecule has 2 amide bonds. The number of hydrogen-bond donors (Lipinski definition) is 1. The SMILES string of the molecule is CN1C2CCCCC2C2C3C(=O)NC(=O)C3C3C(=O)C4CCCCC4C3C21. The number of amides is 2. The van der Waals surface area contributed by atoms with E-state index in [0.717, 1.165) is 19.3 Å². The Labute approximate surface area is 160 Å². The Morgan fingerprint density at radius 1 is 0.778 bits per heavy atom. The van der Waals surface area contributed by atoms with E-state index in [2.05, 4.69) is 17.3 Å². The third-order valence-electron chi connectivity index (χ3n) is 9.52. The fraction of sp³-hybridized carbons (Fsp3) is 0.864. The van der Waals surface area contributed by atoms with Crippen molar-refractivity contribution in [1.82, 2.24) is 10.2 Å². The van der Waals surface area contributed by atoms with E-state index in [4.69, 9.17) is 0 Å². The molecular formula is C22H30N2O3. The van der Waals surface area contributed by atoms with Crippen molar-refractivity contribution in [3.63, 3.8) is 0 Å². The van der Waals surface area contributed by atoms with Crippen molar-refractivity contribution in [3.8, 4) is 0 Å². The second-order valence-electron chi connectivity index (χ2n) is 10.2. The van der Waals surface area contributed by atoms with Crippen LogP contribution in [0.15, 0.2) is 0 Å². The Kier molecular flexibility index (Phi) is 3.49. The van der Waals surface area contributed by atoms with Crippen LogP contribution in [0.3, 0.4) is 0 Å². The summed E-state index contributed by atoms with van der Waals surface area (Å²) < 4.78 is 0. The van der Waals surface area contributed by atoms with Crippen LogP contribution in [0.2, 0.25) is 0 Å². The van der Waals surface area contributed by atoms with Gasteiger partial charge in [-0.2, -0.15) is 0 Å². The predicted molar refractivity (Wildman–Crippen MR) is 98.4 cm³/mol. The van der Waals surface area contributed by atoms with Crippen LogP contribution in [0.5, 0.6) is 0 Å². The number of carbonyl (C=O) groups is 3. The van der Waals surface area contributed by atoms with E-state index in [-0.39, 0.29) is 41.4 Å². The molecule has 6 aliphatic rings. The molecule has 6 rings (SSSR count). The van der Waals surface area contributed by atoms with Crippen molar-refractivity contribution in [2.75, 3.05) is 7.05 Å². The van der Waals surface area contributed by atoms with Crippen molar-refractivity contribution in [1.29, 1.82) is 0 Å². The Hall–Kier alpha value is -1.23. The summed E-state index contributed by atoms with van der Waals surface area (Å²) in [5.41, 5.74) is 0. The molecule has 5 heteroatoms. The molecule has 2 saturated heterocycles. The topological polar surface area (TPSA) is 66.5 Å². The van der Waals surface area contributed by atoms with Crippen molar-refractivity contribution in [3.05, 3.63) is 0 Å². The van der Waals surface area contributed by atoms with Crippen LogP contribution < -0.4 is 5.32 Å². The van der Waals surface area contributed by atoms with Crippen molar-refractivity contribution in [2.45, 2.75) is 63.5 Å². The molecule has 2 heterocycles. The van der Waals surface area contributed by atoms with E-state index in [9.17, 15) is 14.4 Å². The molecule has 146 valence electrons. The summed E-state index contributed by atoms with van der Waals surface area (Å²) in [5.74, 6) is 0.921. The quantitative estimate of drug-likeness (QED) is 0.663. The fourth-order valence-corrected chi connectivity index (χ4v) is 8.82. The number of likely N-dealkylation sites (tertiary alicyclic amines) is 1. The minimum atomic E-state index is -0.379. The van der Waals surface area contributed by atoms with Gasteiger partial charge in [0, 0.05) is 23.9 Å². The van der Waals surface area contributed by atoms with Crippen LogP contribution >= 0.6 is 0 Å². The van der Waals surface area contributed by atoms with Gasteiger partial charge in [0.05, 0.1) is 11.8 Å². The van der Waals surface area contributed by atoms with E-state index >= 15 is 0 Å². The average molecular weight is 370 g/mol. The van der Waals surface area contributed by atoms with Crippen LogP contribution in [0.1, 0.15) is 51.4 Å². The van der Waals surface area contributed by atoms with Gasteiger partial charge in [-0.05, 0) is 56.4 Å². The van der Waals surface area contributed by atoms with E-state index < -0.39 is 0 Å². The Bertz CT molecular complexity index is 720. The minimum absolute atomic E-state index is 0.0826. The lowest BCUT2D eigenvalue weighted by Crippen LogP contribution is -2.54. The number of carbonyl (C=O) groups excluding carboxylic acids is 3. The summed E-state index contributed by atoms with van der Waals surface area (Å²) in [6.07, 6.45) is 9.38. The molecule has 0 bridgehead atoms. The van der Waals surface area contributed by atoms with Gasteiger partial charge in [-0.3, -0.25) is 24.6 Å². The van der Waals surface area contributed by atoms with Gasteiger partial charge in [0.25, 0.3) is 0 Å². The monoisotopic (exact) mass is 370 g/mol. The van der Waals surface area contributed by atoms with Crippen molar-refractivity contribution in [2.24, 2.45) is 47.3 Å². The van der Waals surface area contributed by atoms with Crippen molar-refractivity contribution >= 4 is 17.6 Å². The average Bonchev–Trinajstić information content (AvgIpc) is 3.25. The summed E-state index contributed by atoms with van der Waals surface area (Å²) in [4.78, 5) is 41.8. The first-order valence-electron chi connectivity index (χ1n) is 11.2. The molecule has 0 aromatic heterocycles. The lowest BCUT2D eigenvalue weighted by Gasteiger charge is -2.47. The molecule has 1 N–H and O–H groups in total. The van der Waals surface area contributed by atoms with E-state index in [0.29, 0.717) is 35.6 Å². The minimum Gasteiger partial charge on any atom is -0.300 e. The highest BCUT2D eigenvalue weighted by Crippen LogP contribution is 2.63. The molecule has 0 radical (unpaired) electrons. The van der Waals surface area contributed by atoms with Gasteiger partial charge in [-0.1, -0.05) is 25.7 Å². The molecule has 10 unspecified atom stereocenters. The van der Waals surface area contributed by atoms with E-state index in [1.54, 1.807) is 0 Å². The zero-order valence-electron chi connectivity index (χ0n) is 16.1. The zero-order valence-corrected chi connectivity index (χ0v) is 16.1. The number of nitrogens with one attached hydrogen (secondary N) is 1. The zero-order chi connectivity index (χ0) is 18.4. The second kappa shape index (κ2) is 5.65. The maximum Gasteiger partial charge on any atom is 0.231 e. The van der Waals surface area contributed by atoms with Gasteiger partial charge in [-0.15, -0.1) is 0 Å². The van der Waals surface area contributed by atoms with E-state index in [1.165, 1.54) is 32.1 Å². The summed E-state index contributed by atoms with van der Waals surface area (Å²) in [6, 6.07) is 0.854. The molecule has 5 nitrogen and oxygen atoms in total. The molecule has 2 aliphatic heterocycles. The summed E-state index contributed by atoms with van der Waals surface area (Å²) >= 11 is 0.